The fourth-order valence-corrected chi connectivity index (χ4v) is 6.05. The van der Waals surface area contributed by atoms with E-state index < -0.39 is 17.7 Å². The van der Waals surface area contributed by atoms with Gasteiger partial charge in [-0.1, -0.05) is 89.8 Å². The Balaban J connectivity index is 1.54. The number of carbonyl (C=O) groups is 2. The van der Waals surface area contributed by atoms with E-state index >= 15 is 0 Å². The third-order valence-corrected chi connectivity index (χ3v) is 8.32. The minimum Gasteiger partial charge on any atom is -0.507 e. The predicted molar refractivity (Wildman–Crippen MR) is 154 cm³/mol. The van der Waals surface area contributed by atoms with Crippen molar-refractivity contribution in [3.63, 3.8) is 0 Å². The molecular weight excluding hydrogens is 549 g/mol. The van der Waals surface area contributed by atoms with E-state index in [1.807, 2.05) is 19.1 Å². The number of anilines is 1. The number of aliphatic hydroxyl groups excluding tert-OH is 1. The van der Waals surface area contributed by atoms with E-state index in [-0.39, 0.29) is 28.9 Å². The molecule has 1 aliphatic heterocycles. The molecule has 40 heavy (non-hydrogen) atoms. The molecule has 0 spiro atoms. The second kappa shape index (κ2) is 11.8. The summed E-state index contributed by atoms with van der Waals surface area (Å²) in [7, 11) is 0. The van der Waals surface area contributed by atoms with Crippen LogP contribution in [0.1, 0.15) is 28.3 Å². The lowest BCUT2D eigenvalue weighted by Gasteiger charge is -2.23. The first-order valence-corrected chi connectivity index (χ1v) is 14.1. The molecule has 1 aromatic heterocycles. The second-order valence-corrected chi connectivity index (χ2v) is 11.2. The smallest absolute Gasteiger partial charge is 0.301 e. The molecule has 202 valence electrons. The van der Waals surface area contributed by atoms with Gasteiger partial charge in [-0.05, 0) is 42.3 Å². The van der Waals surface area contributed by atoms with E-state index in [1.165, 1.54) is 28.8 Å². The van der Waals surface area contributed by atoms with E-state index in [0.29, 0.717) is 27.0 Å². The molecule has 1 N–H and O–H groups in total. The molecule has 4 aromatic rings. The zero-order chi connectivity index (χ0) is 28.2. The summed E-state index contributed by atoms with van der Waals surface area (Å²) in [4.78, 5) is 28.1. The first kappa shape index (κ1) is 27.3. The fourth-order valence-electron chi connectivity index (χ4n) is 4.23. The van der Waals surface area contributed by atoms with E-state index in [1.54, 1.807) is 54.6 Å². The van der Waals surface area contributed by atoms with Crippen LogP contribution in [-0.4, -0.2) is 33.6 Å². The topological polar surface area (TPSA) is 92.6 Å². The summed E-state index contributed by atoms with van der Waals surface area (Å²) in [6.45, 7) is 5.86. The van der Waals surface area contributed by atoms with Crippen molar-refractivity contribution in [3.8, 4) is 5.75 Å². The van der Waals surface area contributed by atoms with Crippen molar-refractivity contribution in [2.75, 3.05) is 11.5 Å². The van der Waals surface area contributed by atoms with Gasteiger partial charge >= 0.3 is 5.91 Å². The van der Waals surface area contributed by atoms with Gasteiger partial charge in [-0.2, -0.15) is 0 Å². The average molecular weight is 574 g/mol. The molecule has 2 heterocycles. The van der Waals surface area contributed by atoms with Crippen LogP contribution in [0.2, 0.25) is 0 Å². The fraction of sp³-hybridized carbons (Fsp3) is 0.133. The lowest BCUT2D eigenvalue weighted by Crippen LogP contribution is -2.29. The zero-order valence-corrected chi connectivity index (χ0v) is 23.0. The summed E-state index contributed by atoms with van der Waals surface area (Å²) in [6, 6.07) is 19.2. The van der Waals surface area contributed by atoms with E-state index in [9.17, 15) is 19.1 Å². The number of aryl methyl sites for hydroxylation is 1. The number of nitrogens with zero attached hydrogens (tertiary/aromatic N) is 3. The molecule has 3 aromatic carbocycles. The van der Waals surface area contributed by atoms with Crippen LogP contribution in [0.15, 0.2) is 95.4 Å². The number of ketones is 1. The van der Waals surface area contributed by atoms with Crippen molar-refractivity contribution in [2.45, 2.75) is 23.1 Å². The van der Waals surface area contributed by atoms with Crippen LogP contribution in [0.4, 0.5) is 9.52 Å². The molecule has 5 rings (SSSR count). The Kier molecular flexibility index (Phi) is 8.09. The summed E-state index contributed by atoms with van der Waals surface area (Å²) in [5.41, 5.74) is 2.81. The second-order valence-electron chi connectivity index (χ2n) is 8.97. The number of carbonyl (C=O) groups excluding carboxylic acids is 2. The van der Waals surface area contributed by atoms with Gasteiger partial charge in [-0.25, -0.2) is 4.39 Å². The summed E-state index contributed by atoms with van der Waals surface area (Å²) in [5.74, 6) is -1.19. The number of benzene rings is 3. The molecule has 0 aliphatic carbocycles. The van der Waals surface area contributed by atoms with Crippen LogP contribution in [0, 0.1) is 12.7 Å². The van der Waals surface area contributed by atoms with Crippen LogP contribution in [0.5, 0.6) is 5.75 Å². The number of ether oxygens (including phenoxy) is 1. The molecule has 1 amide bonds. The minimum absolute atomic E-state index is 0.0505. The van der Waals surface area contributed by atoms with Gasteiger partial charge in [0.05, 0.1) is 11.6 Å². The summed E-state index contributed by atoms with van der Waals surface area (Å²) in [6.07, 6.45) is 1.61. The molecule has 1 fully saturated rings. The highest BCUT2D eigenvalue weighted by molar-refractivity contribution is 8.00. The van der Waals surface area contributed by atoms with Crippen LogP contribution >= 0.6 is 23.1 Å². The predicted octanol–water partition coefficient (Wildman–Crippen LogP) is 6.47. The molecule has 7 nitrogen and oxygen atoms in total. The van der Waals surface area contributed by atoms with Gasteiger partial charge in [0.2, 0.25) is 5.13 Å². The number of aliphatic hydroxyl groups is 1. The number of amides is 1. The third kappa shape index (κ3) is 5.68. The van der Waals surface area contributed by atoms with Crippen molar-refractivity contribution in [2.24, 2.45) is 0 Å². The maximum atomic E-state index is 13.5. The van der Waals surface area contributed by atoms with Gasteiger partial charge in [0.15, 0.2) is 4.34 Å². The highest BCUT2D eigenvalue weighted by atomic mass is 32.2. The summed E-state index contributed by atoms with van der Waals surface area (Å²) in [5, 5.41) is 20.0. The largest absolute Gasteiger partial charge is 0.507 e. The Hall–Kier alpha value is -4.28. The van der Waals surface area contributed by atoms with E-state index in [0.717, 1.165) is 22.5 Å². The number of hydrogen-bond donors (Lipinski definition) is 1. The highest BCUT2D eigenvalue weighted by Gasteiger charge is 2.48. The van der Waals surface area contributed by atoms with Crippen LogP contribution in [0.25, 0.3) is 5.76 Å². The Morgan fingerprint density at radius 2 is 1.88 bits per heavy atom. The van der Waals surface area contributed by atoms with Crippen LogP contribution < -0.4 is 9.64 Å². The van der Waals surface area contributed by atoms with Crippen molar-refractivity contribution >= 4 is 45.7 Å². The average Bonchev–Trinajstić information content (AvgIpc) is 3.53. The van der Waals surface area contributed by atoms with E-state index in [2.05, 4.69) is 16.8 Å². The SMILES string of the molecule is C=CCOc1cccc(C2C(=C(O)c3ccc(C)cc3)C(=O)C(=O)N2c2nnc(SCc3ccc(F)cc3)s2)c1. The molecular formula is C30H24FN3O4S2. The van der Waals surface area contributed by atoms with Crippen molar-refractivity contribution in [3.05, 3.63) is 119 Å². The molecule has 0 radical (unpaired) electrons. The minimum atomic E-state index is -0.962. The number of rotatable bonds is 9. The zero-order valence-electron chi connectivity index (χ0n) is 21.4. The molecule has 10 heteroatoms. The molecule has 0 bridgehead atoms. The van der Waals surface area contributed by atoms with Crippen molar-refractivity contribution in [1.29, 1.82) is 0 Å². The van der Waals surface area contributed by atoms with Crippen LogP contribution in [0.3, 0.4) is 0 Å². The maximum absolute atomic E-state index is 13.5. The normalized spacial score (nSPS) is 16.4. The highest BCUT2D eigenvalue weighted by Crippen LogP contribution is 2.44. The van der Waals surface area contributed by atoms with Crippen molar-refractivity contribution < 1.29 is 23.8 Å². The number of aromatic nitrogens is 2. The van der Waals surface area contributed by atoms with Gasteiger partial charge in [-0.3, -0.25) is 14.5 Å². The first-order valence-electron chi connectivity index (χ1n) is 12.3. The maximum Gasteiger partial charge on any atom is 0.301 e. The lowest BCUT2D eigenvalue weighted by atomic mass is 9.95. The van der Waals surface area contributed by atoms with Gasteiger partial charge in [0.1, 0.15) is 23.9 Å². The summed E-state index contributed by atoms with van der Waals surface area (Å²) >= 11 is 2.54. The Morgan fingerprint density at radius 3 is 2.60 bits per heavy atom. The van der Waals surface area contributed by atoms with Crippen LogP contribution in [-0.2, 0) is 15.3 Å². The monoisotopic (exact) mass is 573 g/mol. The number of halogens is 1. The lowest BCUT2D eigenvalue weighted by molar-refractivity contribution is -0.132. The Morgan fingerprint density at radius 1 is 1.12 bits per heavy atom. The standard InChI is InChI=1S/C30H24FN3O4S2/c1-3-15-38-23-6-4-5-21(16-23)25-24(26(35)20-11-7-18(2)8-12-20)27(36)28(37)34(25)29-32-33-30(40-29)39-17-19-9-13-22(31)14-10-19/h3-14,16,25,35H,1,15,17H2,2H3. The van der Waals surface area contributed by atoms with E-state index in [4.69, 9.17) is 4.74 Å². The van der Waals surface area contributed by atoms with Gasteiger partial charge in [0.25, 0.3) is 5.78 Å². The molecule has 1 saturated heterocycles. The third-order valence-electron chi connectivity index (χ3n) is 6.19. The quantitative estimate of drug-likeness (QED) is 0.0613. The molecule has 1 aliphatic rings. The molecule has 1 atom stereocenters. The van der Waals surface area contributed by atoms with Gasteiger partial charge < -0.3 is 9.84 Å². The Labute approximate surface area is 238 Å². The number of hydrogen-bond acceptors (Lipinski definition) is 8. The number of Topliss-reactive ketones (excluding diaryl/α,β-unsaturated/α-hetero) is 1. The van der Waals surface area contributed by atoms with Crippen molar-refractivity contribution in [1.82, 2.24) is 10.2 Å². The van der Waals surface area contributed by atoms with Gasteiger partial charge in [-0.15, -0.1) is 10.2 Å². The Bertz CT molecular complexity index is 1600. The summed E-state index contributed by atoms with van der Waals surface area (Å²) < 4.78 is 19.5. The first-order chi connectivity index (χ1) is 19.4. The van der Waals surface area contributed by atoms with Gasteiger partial charge in [0, 0.05) is 11.3 Å². The number of thioether (sulfide) groups is 1. The molecule has 1 unspecified atom stereocenters. The molecule has 0 saturated carbocycles.